The molecule has 0 aromatic carbocycles. The molecule has 1 atom stereocenters. The number of amides is 2. The molecule has 1 aliphatic rings. The Bertz CT molecular complexity index is 240. The van der Waals surface area contributed by atoms with Crippen LogP contribution in [0.3, 0.4) is 0 Å². The first-order valence-corrected chi connectivity index (χ1v) is 4.74. The third-order valence-electron chi connectivity index (χ3n) is 2.27. The fourth-order valence-corrected chi connectivity index (χ4v) is 1.31. The van der Waals surface area contributed by atoms with Gasteiger partial charge in [0.1, 0.15) is 0 Å². The van der Waals surface area contributed by atoms with Gasteiger partial charge in [0.25, 0.3) is 0 Å². The Morgan fingerprint density at radius 1 is 1.50 bits per heavy atom. The summed E-state index contributed by atoms with van der Waals surface area (Å²) in [5, 5.41) is 2.84. The van der Waals surface area contributed by atoms with Crippen molar-refractivity contribution in [1.82, 2.24) is 15.1 Å². The van der Waals surface area contributed by atoms with Crippen LogP contribution in [0.5, 0.6) is 0 Å². The summed E-state index contributed by atoms with van der Waals surface area (Å²) in [6.07, 6.45) is 0. The zero-order valence-corrected chi connectivity index (χ0v) is 8.91. The van der Waals surface area contributed by atoms with E-state index in [2.05, 4.69) is 5.32 Å². The lowest BCUT2D eigenvalue weighted by atomic mass is 10.2. The maximum absolute atomic E-state index is 11.6. The van der Waals surface area contributed by atoms with Crippen LogP contribution < -0.4 is 5.32 Å². The summed E-state index contributed by atoms with van der Waals surface area (Å²) in [7, 11) is 3.83. The predicted molar refractivity (Wildman–Crippen MR) is 52.7 cm³/mol. The number of rotatable bonds is 3. The molecule has 1 N–H and O–H groups in total. The van der Waals surface area contributed by atoms with Crippen molar-refractivity contribution in [1.29, 1.82) is 0 Å². The first-order chi connectivity index (χ1) is 6.52. The molecule has 0 bridgehead atoms. The number of piperazine rings is 1. The van der Waals surface area contributed by atoms with E-state index in [9.17, 15) is 9.59 Å². The van der Waals surface area contributed by atoms with E-state index in [0.717, 1.165) is 0 Å². The lowest BCUT2D eigenvalue weighted by molar-refractivity contribution is -0.149. The third-order valence-corrected chi connectivity index (χ3v) is 2.27. The van der Waals surface area contributed by atoms with Crippen LogP contribution in [0.15, 0.2) is 0 Å². The van der Waals surface area contributed by atoms with Crippen LogP contribution in [0.4, 0.5) is 0 Å². The molecule has 0 radical (unpaired) electrons. The maximum atomic E-state index is 11.6. The Morgan fingerprint density at radius 2 is 2.14 bits per heavy atom. The normalized spacial score (nSPS) is 23.4. The fraction of sp³-hybridized carbons (Fsp3) is 0.778. The second-order valence-electron chi connectivity index (χ2n) is 3.79. The van der Waals surface area contributed by atoms with Gasteiger partial charge in [-0.05, 0) is 21.0 Å². The quantitative estimate of drug-likeness (QED) is 0.586. The van der Waals surface area contributed by atoms with Crippen molar-refractivity contribution in [2.24, 2.45) is 0 Å². The highest BCUT2D eigenvalue weighted by molar-refractivity contribution is 6.00. The topological polar surface area (TPSA) is 52.7 Å². The molecule has 0 aliphatic carbocycles. The Hall–Kier alpha value is -0.940. The average molecular weight is 199 g/mol. The molecule has 1 fully saturated rings. The molecule has 0 spiro atoms. The van der Waals surface area contributed by atoms with Crippen LogP contribution in [0.2, 0.25) is 0 Å². The second-order valence-corrected chi connectivity index (χ2v) is 3.79. The van der Waals surface area contributed by atoms with Gasteiger partial charge in [-0.25, -0.2) is 0 Å². The molecule has 5 nitrogen and oxygen atoms in total. The van der Waals surface area contributed by atoms with Gasteiger partial charge in [-0.3, -0.25) is 19.8 Å². The number of likely N-dealkylation sites (N-methyl/N-ethyl adjacent to an activating group) is 1. The van der Waals surface area contributed by atoms with Gasteiger partial charge < -0.3 is 4.90 Å². The van der Waals surface area contributed by atoms with E-state index in [0.29, 0.717) is 13.1 Å². The molecule has 1 saturated heterocycles. The zero-order chi connectivity index (χ0) is 10.7. The van der Waals surface area contributed by atoms with E-state index in [1.54, 1.807) is 6.92 Å². The van der Waals surface area contributed by atoms with Gasteiger partial charge in [0.2, 0.25) is 11.8 Å². The van der Waals surface area contributed by atoms with Gasteiger partial charge in [-0.15, -0.1) is 0 Å². The summed E-state index contributed by atoms with van der Waals surface area (Å²) < 4.78 is 0. The molecule has 0 aromatic rings. The number of nitrogens with zero attached hydrogens (tertiary/aromatic N) is 2. The molecule has 5 heteroatoms. The van der Waals surface area contributed by atoms with Crippen LogP contribution in [0.25, 0.3) is 0 Å². The summed E-state index contributed by atoms with van der Waals surface area (Å²) in [5.41, 5.74) is 0. The molecular weight excluding hydrogens is 182 g/mol. The van der Waals surface area contributed by atoms with Crippen LogP contribution in [0, 0.1) is 0 Å². The van der Waals surface area contributed by atoms with Gasteiger partial charge >= 0.3 is 0 Å². The summed E-state index contributed by atoms with van der Waals surface area (Å²) in [6.45, 7) is 3.23. The Kier molecular flexibility index (Phi) is 3.60. The molecule has 1 unspecified atom stereocenters. The average Bonchev–Trinajstić information content (AvgIpc) is 2.11. The van der Waals surface area contributed by atoms with Crippen molar-refractivity contribution in [3.8, 4) is 0 Å². The van der Waals surface area contributed by atoms with Gasteiger partial charge in [-0.2, -0.15) is 0 Å². The number of carbonyl (C=O) groups excluding carboxylic acids is 2. The molecule has 0 saturated carbocycles. The SMILES string of the molecule is CC1NCC(=O)N(CCN(C)C)C1=O. The summed E-state index contributed by atoms with van der Waals surface area (Å²) in [4.78, 5) is 26.2. The lowest BCUT2D eigenvalue weighted by Gasteiger charge is -2.30. The highest BCUT2D eigenvalue weighted by Crippen LogP contribution is 2.02. The van der Waals surface area contributed by atoms with Crippen molar-refractivity contribution < 1.29 is 9.59 Å². The Balaban J connectivity index is 2.54. The number of hydrogen-bond acceptors (Lipinski definition) is 4. The lowest BCUT2D eigenvalue weighted by Crippen LogP contribution is -2.58. The molecule has 2 amide bonds. The van der Waals surface area contributed by atoms with E-state index < -0.39 is 0 Å². The number of nitrogens with one attached hydrogen (secondary N) is 1. The highest BCUT2D eigenvalue weighted by Gasteiger charge is 2.30. The first kappa shape index (κ1) is 11.1. The minimum Gasteiger partial charge on any atom is -0.308 e. The number of hydrogen-bond donors (Lipinski definition) is 1. The summed E-state index contributed by atoms with van der Waals surface area (Å²) >= 11 is 0. The third kappa shape index (κ3) is 2.52. The van der Waals surface area contributed by atoms with Crippen LogP contribution >= 0.6 is 0 Å². The van der Waals surface area contributed by atoms with Gasteiger partial charge in [-0.1, -0.05) is 0 Å². The minimum absolute atomic E-state index is 0.122. The van der Waals surface area contributed by atoms with Crippen LogP contribution in [-0.4, -0.2) is 61.4 Å². The molecule has 1 rings (SSSR count). The van der Waals surface area contributed by atoms with Gasteiger partial charge in [0.05, 0.1) is 12.6 Å². The second kappa shape index (κ2) is 4.52. The molecule has 80 valence electrons. The minimum atomic E-state index is -0.241. The predicted octanol–water partition coefficient (Wildman–Crippen LogP) is -1.11. The monoisotopic (exact) mass is 199 g/mol. The van der Waals surface area contributed by atoms with Crippen molar-refractivity contribution in [3.63, 3.8) is 0 Å². The number of imide groups is 1. The van der Waals surface area contributed by atoms with E-state index in [1.165, 1.54) is 4.90 Å². The van der Waals surface area contributed by atoms with E-state index >= 15 is 0 Å². The summed E-state index contributed by atoms with van der Waals surface area (Å²) in [6, 6.07) is -0.241. The van der Waals surface area contributed by atoms with Gasteiger partial charge in [0.15, 0.2) is 0 Å². The van der Waals surface area contributed by atoms with E-state index in [-0.39, 0.29) is 24.4 Å². The Morgan fingerprint density at radius 3 is 2.71 bits per heavy atom. The Labute approximate surface area is 84.0 Å². The van der Waals surface area contributed by atoms with Crippen molar-refractivity contribution >= 4 is 11.8 Å². The van der Waals surface area contributed by atoms with Crippen LogP contribution in [0.1, 0.15) is 6.92 Å². The number of carbonyl (C=O) groups is 2. The standard InChI is InChI=1S/C9H17N3O2/c1-7-9(14)12(5-4-11(2)3)8(13)6-10-7/h7,10H,4-6H2,1-3H3. The summed E-state index contributed by atoms with van der Waals surface area (Å²) in [5.74, 6) is -0.252. The van der Waals surface area contributed by atoms with E-state index in [1.807, 2.05) is 19.0 Å². The molecule has 0 aromatic heterocycles. The largest absolute Gasteiger partial charge is 0.308 e. The fourth-order valence-electron chi connectivity index (χ4n) is 1.31. The molecule has 1 heterocycles. The highest BCUT2D eigenvalue weighted by atomic mass is 16.2. The van der Waals surface area contributed by atoms with Crippen molar-refractivity contribution in [3.05, 3.63) is 0 Å². The zero-order valence-electron chi connectivity index (χ0n) is 8.91. The smallest absolute Gasteiger partial charge is 0.246 e. The van der Waals surface area contributed by atoms with Crippen LogP contribution in [-0.2, 0) is 9.59 Å². The van der Waals surface area contributed by atoms with E-state index in [4.69, 9.17) is 0 Å². The first-order valence-electron chi connectivity index (χ1n) is 4.74. The van der Waals surface area contributed by atoms with Crippen molar-refractivity contribution in [2.75, 3.05) is 33.7 Å². The van der Waals surface area contributed by atoms with Gasteiger partial charge in [0, 0.05) is 13.1 Å². The maximum Gasteiger partial charge on any atom is 0.246 e. The molecular formula is C9H17N3O2. The molecule has 14 heavy (non-hydrogen) atoms. The van der Waals surface area contributed by atoms with Crippen molar-refractivity contribution in [2.45, 2.75) is 13.0 Å². The molecule has 1 aliphatic heterocycles.